The number of hydrogen-bond acceptors (Lipinski definition) is 4. The Balaban J connectivity index is 2.62. The average molecular weight is 407 g/mol. The first-order valence-corrected chi connectivity index (χ1v) is 10.0. The molecule has 0 saturated heterocycles. The number of rotatable bonds is 11. The van der Waals surface area contributed by atoms with E-state index in [0.717, 1.165) is 12.8 Å². The monoisotopic (exact) mass is 406 g/mol. The molecule has 3 atom stereocenters. The summed E-state index contributed by atoms with van der Waals surface area (Å²) in [5.74, 6) is -1.21. The molecule has 0 fully saturated rings. The number of hydrogen-bond donors (Lipinski definition) is 2. The molecule has 0 saturated carbocycles. The fourth-order valence-corrected chi connectivity index (χ4v) is 3.05. The molecule has 0 aliphatic rings. The van der Waals surface area contributed by atoms with Crippen LogP contribution in [0.2, 0.25) is 0 Å². The van der Waals surface area contributed by atoms with Crippen molar-refractivity contribution in [3.63, 3.8) is 0 Å². The number of ether oxygens (including phenoxy) is 1. The first-order chi connectivity index (χ1) is 13.6. The van der Waals surface area contributed by atoms with Crippen molar-refractivity contribution in [2.75, 3.05) is 14.1 Å². The molecule has 29 heavy (non-hydrogen) atoms. The Labute approximate surface area is 173 Å². The van der Waals surface area contributed by atoms with E-state index < -0.39 is 24.2 Å². The van der Waals surface area contributed by atoms with Gasteiger partial charge in [0, 0.05) is 14.1 Å². The number of amides is 2. The number of aliphatic carboxylic acids is 1. The molecular weight excluding hydrogens is 372 g/mol. The van der Waals surface area contributed by atoms with Crippen LogP contribution in [0.25, 0.3) is 0 Å². The number of aryl methyl sites for hydroxylation is 1. The summed E-state index contributed by atoms with van der Waals surface area (Å²) in [5, 5.41) is 12.0. The highest BCUT2D eigenvalue weighted by Gasteiger charge is 2.28. The van der Waals surface area contributed by atoms with E-state index in [9.17, 15) is 19.5 Å². The van der Waals surface area contributed by atoms with Crippen molar-refractivity contribution in [1.82, 2.24) is 10.2 Å². The number of alkyl carbamates (subject to hydrolysis) is 1. The molecule has 7 heteroatoms. The minimum atomic E-state index is -1.25. The van der Waals surface area contributed by atoms with E-state index in [1.165, 1.54) is 10.5 Å². The quantitative estimate of drug-likeness (QED) is 0.588. The van der Waals surface area contributed by atoms with Gasteiger partial charge in [-0.25, -0.2) is 9.59 Å². The van der Waals surface area contributed by atoms with Crippen LogP contribution in [0.4, 0.5) is 4.79 Å². The minimum Gasteiger partial charge on any atom is -0.479 e. The zero-order chi connectivity index (χ0) is 22.0. The van der Waals surface area contributed by atoms with Gasteiger partial charge in [0.2, 0.25) is 12.0 Å². The van der Waals surface area contributed by atoms with E-state index in [1.807, 2.05) is 51.1 Å². The Hall–Kier alpha value is -2.57. The van der Waals surface area contributed by atoms with Crippen LogP contribution in [-0.4, -0.2) is 54.2 Å². The molecule has 0 radical (unpaired) electrons. The molecule has 7 nitrogen and oxygen atoms in total. The average Bonchev–Trinajstić information content (AvgIpc) is 2.65. The third-order valence-electron chi connectivity index (χ3n) is 4.65. The molecule has 0 aliphatic carbocycles. The molecule has 2 N–H and O–H groups in total. The largest absolute Gasteiger partial charge is 0.479 e. The smallest absolute Gasteiger partial charge is 0.408 e. The number of benzene rings is 1. The molecule has 1 aromatic carbocycles. The maximum absolute atomic E-state index is 12.3. The van der Waals surface area contributed by atoms with Gasteiger partial charge in [0.15, 0.2) is 0 Å². The second-order valence-electron chi connectivity index (χ2n) is 8.16. The zero-order valence-corrected chi connectivity index (χ0v) is 18.1. The number of carboxylic acid groups (broad SMARTS) is 1. The van der Waals surface area contributed by atoms with Gasteiger partial charge >= 0.3 is 12.1 Å². The SMILES string of the molecule is CC(C)CC(NC(=O)O[C@@H](CC(C)CCc1ccccc1)C(=O)O)C(=O)N(C)C. The Morgan fingerprint density at radius 3 is 2.21 bits per heavy atom. The van der Waals surface area contributed by atoms with Crippen LogP contribution >= 0.6 is 0 Å². The Morgan fingerprint density at radius 2 is 1.69 bits per heavy atom. The standard InChI is InChI=1S/C22H34N2O5/c1-15(2)13-18(20(25)24(4)5)23-22(28)29-19(21(26)27)14-16(3)11-12-17-9-7-6-8-10-17/h6-10,15-16,18-19H,11-14H2,1-5H3,(H,23,28)(H,26,27)/t16?,18?,19-/m0/s1. The van der Waals surface area contributed by atoms with Gasteiger partial charge in [0.25, 0.3) is 0 Å². The minimum absolute atomic E-state index is 0.0546. The number of carbonyl (C=O) groups is 3. The van der Waals surface area contributed by atoms with E-state index in [4.69, 9.17) is 4.74 Å². The van der Waals surface area contributed by atoms with Gasteiger partial charge in [-0.1, -0.05) is 51.1 Å². The predicted octanol–water partition coefficient (Wildman–Crippen LogP) is 3.33. The van der Waals surface area contributed by atoms with E-state index in [-0.39, 0.29) is 24.2 Å². The van der Waals surface area contributed by atoms with E-state index >= 15 is 0 Å². The molecule has 0 bridgehead atoms. The van der Waals surface area contributed by atoms with E-state index in [0.29, 0.717) is 6.42 Å². The van der Waals surface area contributed by atoms with Gasteiger partial charge in [-0.15, -0.1) is 0 Å². The van der Waals surface area contributed by atoms with Crippen LogP contribution in [-0.2, 0) is 20.7 Å². The molecule has 2 unspecified atom stereocenters. The number of carbonyl (C=O) groups excluding carboxylic acids is 2. The molecule has 0 aliphatic heterocycles. The summed E-state index contributed by atoms with van der Waals surface area (Å²) >= 11 is 0. The third kappa shape index (κ3) is 9.45. The van der Waals surface area contributed by atoms with Crippen molar-refractivity contribution < 1.29 is 24.2 Å². The first-order valence-electron chi connectivity index (χ1n) is 10.0. The summed E-state index contributed by atoms with van der Waals surface area (Å²) in [6.07, 6.45) is 0.134. The van der Waals surface area contributed by atoms with Gasteiger partial charge in [-0.3, -0.25) is 4.79 Å². The normalized spacial score (nSPS) is 14.0. The van der Waals surface area contributed by atoms with Gasteiger partial charge in [-0.05, 0) is 43.1 Å². The van der Waals surface area contributed by atoms with Crippen LogP contribution < -0.4 is 5.32 Å². The van der Waals surface area contributed by atoms with Crippen molar-refractivity contribution >= 4 is 18.0 Å². The number of carboxylic acids is 1. The highest BCUT2D eigenvalue weighted by atomic mass is 16.6. The van der Waals surface area contributed by atoms with Crippen molar-refractivity contribution in [3.8, 4) is 0 Å². The number of nitrogens with one attached hydrogen (secondary N) is 1. The second-order valence-corrected chi connectivity index (χ2v) is 8.16. The fraction of sp³-hybridized carbons (Fsp3) is 0.591. The lowest BCUT2D eigenvalue weighted by Crippen LogP contribution is -2.48. The van der Waals surface area contributed by atoms with Crippen LogP contribution in [0.15, 0.2) is 30.3 Å². The molecule has 0 aromatic heterocycles. The second kappa shape index (κ2) is 12.1. The maximum Gasteiger partial charge on any atom is 0.408 e. The Kier molecular flexibility index (Phi) is 10.2. The van der Waals surface area contributed by atoms with Gasteiger partial charge in [0.1, 0.15) is 6.04 Å². The molecule has 1 aromatic rings. The zero-order valence-electron chi connectivity index (χ0n) is 18.1. The lowest BCUT2D eigenvalue weighted by atomic mass is 9.95. The van der Waals surface area contributed by atoms with Gasteiger partial charge in [0.05, 0.1) is 0 Å². The van der Waals surface area contributed by atoms with Gasteiger partial charge < -0.3 is 20.1 Å². The van der Waals surface area contributed by atoms with Crippen LogP contribution in [0.5, 0.6) is 0 Å². The molecule has 1 rings (SSSR count). The van der Waals surface area contributed by atoms with Crippen LogP contribution in [0.3, 0.4) is 0 Å². The molecule has 2 amide bonds. The lowest BCUT2D eigenvalue weighted by molar-refractivity contribution is -0.147. The van der Waals surface area contributed by atoms with Crippen molar-refractivity contribution in [3.05, 3.63) is 35.9 Å². The summed E-state index contributed by atoms with van der Waals surface area (Å²) in [7, 11) is 3.22. The number of nitrogens with zero attached hydrogens (tertiary/aromatic N) is 1. The Bertz CT molecular complexity index is 660. The molecular formula is C22H34N2O5. The third-order valence-corrected chi connectivity index (χ3v) is 4.65. The summed E-state index contributed by atoms with van der Waals surface area (Å²) in [6, 6.07) is 9.20. The lowest BCUT2D eigenvalue weighted by Gasteiger charge is -2.24. The molecule has 0 heterocycles. The van der Waals surface area contributed by atoms with E-state index in [2.05, 4.69) is 5.32 Å². The summed E-state index contributed by atoms with van der Waals surface area (Å²) < 4.78 is 5.16. The van der Waals surface area contributed by atoms with Crippen molar-refractivity contribution in [1.29, 1.82) is 0 Å². The highest BCUT2D eigenvalue weighted by Crippen LogP contribution is 2.17. The highest BCUT2D eigenvalue weighted by molar-refractivity contribution is 5.86. The van der Waals surface area contributed by atoms with Crippen LogP contribution in [0, 0.1) is 11.8 Å². The molecule has 0 spiro atoms. The van der Waals surface area contributed by atoms with Crippen molar-refractivity contribution in [2.24, 2.45) is 11.8 Å². The summed E-state index contributed by atoms with van der Waals surface area (Å²) in [4.78, 5) is 37.5. The topological polar surface area (TPSA) is 95.9 Å². The van der Waals surface area contributed by atoms with Crippen molar-refractivity contribution in [2.45, 2.75) is 58.6 Å². The molecule has 162 valence electrons. The maximum atomic E-state index is 12.3. The summed E-state index contributed by atoms with van der Waals surface area (Å²) in [5.41, 5.74) is 1.18. The first kappa shape index (κ1) is 24.5. The Morgan fingerprint density at radius 1 is 1.07 bits per heavy atom. The number of likely N-dealkylation sites (N-methyl/N-ethyl adjacent to an activating group) is 1. The summed E-state index contributed by atoms with van der Waals surface area (Å²) in [6.45, 7) is 5.83. The van der Waals surface area contributed by atoms with Gasteiger partial charge in [-0.2, -0.15) is 0 Å². The fourth-order valence-electron chi connectivity index (χ4n) is 3.05. The van der Waals surface area contributed by atoms with E-state index in [1.54, 1.807) is 14.1 Å². The van der Waals surface area contributed by atoms with Crippen LogP contribution in [0.1, 0.15) is 45.6 Å². The predicted molar refractivity (Wildman–Crippen MR) is 112 cm³/mol.